The summed E-state index contributed by atoms with van der Waals surface area (Å²) in [7, 11) is 5.84. The third-order valence-corrected chi connectivity index (χ3v) is 2.25. The van der Waals surface area contributed by atoms with Crippen molar-refractivity contribution in [3.05, 3.63) is 12.3 Å². The van der Waals surface area contributed by atoms with Gasteiger partial charge in [0.2, 0.25) is 0 Å². The molecule has 0 aliphatic carbocycles. The standard InChI is InChI=1S/C9H21N3/c1-7(10-3)6-9(12-5)8(2)11-4/h8-12H,1,6H2,2-5H3. The number of likely N-dealkylation sites (N-methyl/N-ethyl adjacent to an activating group) is 2. The summed E-state index contributed by atoms with van der Waals surface area (Å²) in [4.78, 5) is 0. The predicted octanol–water partition coefficient (Wildman–Crippen LogP) is 0.306. The minimum Gasteiger partial charge on any atom is -0.392 e. The Balaban J connectivity index is 3.90. The zero-order valence-electron chi connectivity index (χ0n) is 8.57. The van der Waals surface area contributed by atoms with Crippen LogP contribution < -0.4 is 16.0 Å². The Labute approximate surface area is 75.6 Å². The minimum absolute atomic E-state index is 0.440. The lowest BCUT2D eigenvalue weighted by molar-refractivity contribution is 0.424. The average molecular weight is 171 g/mol. The van der Waals surface area contributed by atoms with Crippen LogP contribution in [0.3, 0.4) is 0 Å². The molecule has 72 valence electrons. The van der Waals surface area contributed by atoms with Gasteiger partial charge in [0.15, 0.2) is 0 Å². The zero-order chi connectivity index (χ0) is 9.56. The Bertz CT molecular complexity index is 134. The van der Waals surface area contributed by atoms with Gasteiger partial charge in [-0.05, 0) is 21.0 Å². The van der Waals surface area contributed by atoms with Gasteiger partial charge < -0.3 is 16.0 Å². The normalized spacial score (nSPS) is 15.3. The van der Waals surface area contributed by atoms with Gasteiger partial charge in [-0.3, -0.25) is 0 Å². The van der Waals surface area contributed by atoms with E-state index in [2.05, 4.69) is 29.5 Å². The third kappa shape index (κ3) is 3.74. The van der Waals surface area contributed by atoms with E-state index in [0.717, 1.165) is 12.1 Å². The monoisotopic (exact) mass is 171 g/mol. The van der Waals surface area contributed by atoms with Gasteiger partial charge in [-0.2, -0.15) is 0 Å². The molecule has 0 fully saturated rings. The molecule has 2 atom stereocenters. The molecule has 0 aromatic carbocycles. The quantitative estimate of drug-likeness (QED) is 0.538. The lowest BCUT2D eigenvalue weighted by Gasteiger charge is -2.23. The van der Waals surface area contributed by atoms with Crippen molar-refractivity contribution in [2.75, 3.05) is 21.1 Å². The zero-order valence-corrected chi connectivity index (χ0v) is 8.57. The summed E-state index contributed by atoms with van der Waals surface area (Å²) in [5, 5.41) is 9.52. The van der Waals surface area contributed by atoms with Crippen LogP contribution in [0.4, 0.5) is 0 Å². The largest absolute Gasteiger partial charge is 0.392 e. The molecule has 3 nitrogen and oxygen atoms in total. The van der Waals surface area contributed by atoms with Crippen LogP contribution >= 0.6 is 0 Å². The highest BCUT2D eigenvalue weighted by Gasteiger charge is 2.13. The smallest absolute Gasteiger partial charge is 0.0269 e. The number of nitrogens with one attached hydrogen (secondary N) is 3. The Morgan fingerprint density at radius 1 is 1.25 bits per heavy atom. The van der Waals surface area contributed by atoms with Crippen LogP contribution in [-0.4, -0.2) is 33.2 Å². The van der Waals surface area contributed by atoms with E-state index in [-0.39, 0.29) is 0 Å². The summed E-state index contributed by atoms with van der Waals surface area (Å²) in [5.74, 6) is 0. The first-order valence-electron chi connectivity index (χ1n) is 4.35. The molecule has 0 heterocycles. The number of hydrogen-bond donors (Lipinski definition) is 3. The van der Waals surface area contributed by atoms with Crippen LogP contribution in [0.2, 0.25) is 0 Å². The first-order valence-corrected chi connectivity index (χ1v) is 4.35. The minimum atomic E-state index is 0.440. The summed E-state index contributed by atoms with van der Waals surface area (Å²) in [5.41, 5.74) is 1.07. The molecule has 0 saturated heterocycles. The summed E-state index contributed by atoms with van der Waals surface area (Å²) in [6.07, 6.45) is 0.953. The molecule has 0 aliphatic heterocycles. The maximum atomic E-state index is 3.90. The van der Waals surface area contributed by atoms with Crippen LogP contribution in [0.25, 0.3) is 0 Å². The van der Waals surface area contributed by atoms with Gasteiger partial charge in [0, 0.05) is 31.2 Å². The fourth-order valence-corrected chi connectivity index (χ4v) is 1.10. The van der Waals surface area contributed by atoms with Crippen LogP contribution in [0, 0.1) is 0 Å². The lowest BCUT2D eigenvalue weighted by Crippen LogP contribution is -2.44. The molecule has 3 heteroatoms. The van der Waals surface area contributed by atoms with Crippen molar-refractivity contribution in [2.45, 2.75) is 25.4 Å². The predicted molar refractivity (Wildman–Crippen MR) is 54.2 cm³/mol. The van der Waals surface area contributed by atoms with Crippen LogP contribution in [-0.2, 0) is 0 Å². The first-order chi connectivity index (χ1) is 5.65. The molecule has 0 radical (unpaired) electrons. The van der Waals surface area contributed by atoms with E-state index in [9.17, 15) is 0 Å². The van der Waals surface area contributed by atoms with E-state index in [4.69, 9.17) is 0 Å². The SMILES string of the molecule is C=C(CC(NC)C(C)NC)NC. The first kappa shape index (κ1) is 11.5. The molecule has 0 aromatic rings. The molecule has 2 unspecified atom stereocenters. The van der Waals surface area contributed by atoms with Crippen LogP contribution in [0.5, 0.6) is 0 Å². The number of hydrogen-bond acceptors (Lipinski definition) is 3. The van der Waals surface area contributed by atoms with Gasteiger partial charge in [0.1, 0.15) is 0 Å². The van der Waals surface area contributed by atoms with E-state index in [1.54, 1.807) is 0 Å². The van der Waals surface area contributed by atoms with Crippen LogP contribution in [0.15, 0.2) is 12.3 Å². The van der Waals surface area contributed by atoms with E-state index in [0.29, 0.717) is 12.1 Å². The molecular weight excluding hydrogens is 150 g/mol. The van der Waals surface area contributed by atoms with Gasteiger partial charge in [0.05, 0.1) is 0 Å². The molecule has 0 aromatic heterocycles. The maximum absolute atomic E-state index is 3.90. The topological polar surface area (TPSA) is 36.1 Å². The summed E-state index contributed by atoms with van der Waals surface area (Å²) in [6.45, 7) is 6.06. The second kappa shape index (κ2) is 6.03. The Hall–Kier alpha value is -0.540. The molecule has 0 bridgehead atoms. The Morgan fingerprint density at radius 3 is 2.17 bits per heavy atom. The van der Waals surface area contributed by atoms with Gasteiger partial charge in [-0.25, -0.2) is 0 Å². The van der Waals surface area contributed by atoms with Crippen molar-refractivity contribution in [3.63, 3.8) is 0 Å². The van der Waals surface area contributed by atoms with Gasteiger partial charge >= 0.3 is 0 Å². The maximum Gasteiger partial charge on any atom is 0.0269 e. The van der Waals surface area contributed by atoms with Crippen LogP contribution in [0.1, 0.15) is 13.3 Å². The fourth-order valence-electron chi connectivity index (χ4n) is 1.10. The van der Waals surface area contributed by atoms with E-state index in [1.807, 2.05) is 21.1 Å². The van der Waals surface area contributed by atoms with E-state index < -0.39 is 0 Å². The molecule has 0 saturated carbocycles. The molecule has 0 rings (SSSR count). The van der Waals surface area contributed by atoms with Gasteiger partial charge in [-0.1, -0.05) is 6.58 Å². The highest BCUT2D eigenvalue weighted by Crippen LogP contribution is 2.03. The second-order valence-corrected chi connectivity index (χ2v) is 3.03. The fraction of sp³-hybridized carbons (Fsp3) is 0.778. The van der Waals surface area contributed by atoms with Crippen molar-refractivity contribution < 1.29 is 0 Å². The van der Waals surface area contributed by atoms with Crippen molar-refractivity contribution in [3.8, 4) is 0 Å². The highest BCUT2D eigenvalue weighted by atomic mass is 15.0. The lowest BCUT2D eigenvalue weighted by atomic mass is 10.1. The van der Waals surface area contributed by atoms with E-state index in [1.165, 1.54) is 0 Å². The Kier molecular flexibility index (Phi) is 5.76. The second-order valence-electron chi connectivity index (χ2n) is 3.03. The van der Waals surface area contributed by atoms with E-state index >= 15 is 0 Å². The van der Waals surface area contributed by atoms with Crippen molar-refractivity contribution in [1.82, 2.24) is 16.0 Å². The molecule has 0 aliphatic rings. The molecule has 0 spiro atoms. The Morgan fingerprint density at radius 2 is 1.83 bits per heavy atom. The molecule has 3 N–H and O–H groups in total. The summed E-state index contributed by atoms with van der Waals surface area (Å²) in [6, 6.07) is 0.898. The van der Waals surface area contributed by atoms with Crippen molar-refractivity contribution >= 4 is 0 Å². The third-order valence-electron chi connectivity index (χ3n) is 2.25. The van der Waals surface area contributed by atoms with Gasteiger partial charge in [0.25, 0.3) is 0 Å². The average Bonchev–Trinajstić information content (AvgIpc) is 2.12. The summed E-state index contributed by atoms with van der Waals surface area (Å²) >= 11 is 0. The summed E-state index contributed by atoms with van der Waals surface area (Å²) < 4.78 is 0. The molecule has 12 heavy (non-hydrogen) atoms. The van der Waals surface area contributed by atoms with Gasteiger partial charge in [-0.15, -0.1) is 0 Å². The molecular formula is C9H21N3. The number of rotatable bonds is 6. The van der Waals surface area contributed by atoms with Crippen molar-refractivity contribution in [1.29, 1.82) is 0 Å². The molecule has 0 amide bonds. The highest BCUT2D eigenvalue weighted by molar-refractivity contribution is 4.96. The van der Waals surface area contributed by atoms with Crippen molar-refractivity contribution in [2.24, 2.45) is 0 Å².